The van der Waals surface area contributed by atoms with Gasteiger partial charge in [-0.3, -0.25) is 10.1 Å². The Bertz CT molecular complexity index is 874. The molecule has 146 valence electrons. The van der Waals surface area contributed by atoms with Crippen LogP contribution in [0.4, 0.5) is 5.69 Å². The van der Waals surface area contributed by atoms with Gasteiger partial charge in [0.2, 0.25) is 12.8 Å². The summed E-state index contributed by atoms with van der Waals surface area (Å²) in [6, 6.07) is 13.0. The third-order valence-corrected chi connectivity index (χ3v) is 4.66. The summed E-state index contributed by atoms with van der Waals surface area (Å²) in [5.41, 5.74) is 2.48. The Hall–Kier alpha value is -3.06. The van der Waals surface area contributed by atoms with Gasteiger partial charge in [-0.25, -0.2) is 4.99 Å². The highest BCUT2D eigenvalue weighted by atomic mass is 16.7. The van der Waals surface area contributed by atoms with Gasteiger partial charge in [-0.2, -0.15) is 0 Å². The van der Waals surface area contributed by atoms with Gasteiger partial charge in [-0.1, -0.05) is 17.7 Å². The standard InChI is InChI=1S/C21H23N3O4/c1-14-4-7-16(8-5-14)23-21(22-12-17-3-2-10-26-17)24-20(25)15-6-9-18-19(11-15)28-13-27-18/h4-9,11,17H,2-3,10,12-13H2,1H3,(H2,22,23,24,25)/t17-/m0/s1. The van der Waals surface area contributed by atoms with Crippen LogP contribution >= 0.6 is 0 Å². The summed E-state index contributed by atoms with van der Waals surface area (Å²) in [4.78, 5) is 17.3. The van der Waals surface area contributed by atoms with E-state index >= 15 is 0 Å². The number of hydrogen-bond acceptors (Lipinski definition) is 5. The third-order valence-electron chi connectivity index (χ3n) is 4.66. The quantitative estimate of drug-likeness (QED) is 0.628. The van der Waals surface area contributed by atoms with Crippen LogP contribution in [0.25, 0.3) is 0 Å². The predicted octanol–water partition coefficient (Wildman–Crippen LogP) is 3.10. The minimum absolute atomic E-state index is 0.0947. The first-order chi connectivity index (χ1) is 13.7. The first-order valence-corrected chi connectivity index (χ1v) is 9.38. The number of anilines is 1. The van der Waals surface area contributed by atoms with Gasteiger partial charge in [0.05, 0.1) is 12.6 Å². The zero-order valence-electron chi connectivity index (χ0n) is 15.7. The highest BCUT2D eigenvalue weighted by Crippen LogP contribution is 2.32. The molecule has 2 aliphatic heterocycles. The van der Waals surface area contributed by atoms with Crippen molar-refractivity contribution in [2.75, 3.05) is 25.3 Å². The Morgan fingerprint density at radius 1 is 1.14 bits per heavy atom. The van der Waals surface area contributed by atoms with E-state index in [1.165, 1.54) is 0 Å². The molecule has 2 aromatic carbocycles. The van der Waals surface area contributed by atoms with Gasteiger partial charge in [0.1, 0.15) is 0 Å². The molecule has 0 bridgehead atoms. The predicted molar refractivity (Wildman–Crippen MR) is 106 cm³/mol. The number of nitrogens with one attached hydrogen (secondary N) is 2. The van der Waals surface area contributed by atoms with Crippen molar-refractivity contribution in [1.29, 1.82) is 0 Å². The number of fused-ring (bicyclic) bond motifs is 1. The van der Waals surface area contributed by atoms with Crippen LogP contribution in [0.15, 0.2) is 47.5 Å². The molecule has 0 aromatic heterocycles. The van der Waals surface area contributed by atoms with Crippen molar-refractivity contribution in [1.82, 2.24) is 5.32 Å². The molecule has 2 aromatic rings. The van der Waals surface area contributed by atoms with Crippen molar-refractivity contribution in [2.45, 2.75) is 25.9 Å². The van der Waals surface area contributed by atoms with Gasteiger partial charge < -0.3 is 19.5 Å². The van der Waals surface area contributed by atoms with E-state index in [9.17, 15) is 4.79 Å². The van der Waals surface area contributed by atoms with E-state index in [1.54, 1.807) is 18.2 Å². The van der Waals surface area contributed by atoms with Crippen LogP contribution in [0.1, 0.15) is 28.8 Å². The van der Waals surface area contributed by atoms with Crippen molar-refractivity contribution < 1.29 is 19.0 Å². The average molecular weight is 381 g/mol. The molecule has 0 radical (unpaired) electrons. The first-order valence-electron chi connectivity index (χ1n) is 9.38. The fourth-order valence-corrected chi connectivity index (χ4v) is 3.08. The lowest BCUT2D eigenvalue weighted by Gasteiger charge is -2.14. The molecular formula is C21H23N3O4. The third kappa shape index (κ3) is 4.43. The summed E-state index contributed by atoms with van der Waals surface area (Å²) < 4.78 is 16.3. The lowest BCUT2D eigenvalue weighted by molar-refractivity contribution is 0.0975. The van der Waals surface area contributed by atoms with Gasteiger partial charge in [0.25, 0.3) is 5.91 Å². The number of aliphatic imine (C=N–C) groups is 1. The van der Waals surface area contributed by atoms with Crippen molar-refractivity contribution in [3.63, 3.8) is 0 Å². The van der Waals surface area contributed by atoms with Gasteiger partial charge in [-0.15, -0.1) is 0 Å². The second-order valence-electron chi connectivity index (χ2n) is 6.84. The summed E-state index contributed by atoms with van der Waals surface area (Å²) in [6.45, 7) is 3.46. The van der Waals surface area contributed by atoms with Gasteiger partial charge in [-0.05, 0) is 50.1 Å². The summed E-state index contributed by atoms with van der Waals surface area (Å²) in [5.74, 6) is 1.32. The van der Waals surface area contributed by atoms with E-state index in [4.69, 9.17) is 14.2 Å². The second kappa shape index (κ2) is 8.31. The first kappa shape index (κ1) is 18.3. The maximum absolute atomic E-state index is 12.7. The SMILES string of the molecule is Cc1ccc(NC(=NC[C@@H]2CCCO2)NC(=O)c2ccc3c(c2)OCO3)cc1. The molecule has 1 amide bonds. The number of benzene rings is 2. The second-order valence-corrected chi connectivity index (χ2v) is 6.84. The maximum Gasteiger partial charge on any atom is 0.258 e. The van der Waals surface area contributed by atoms with Crippen molar-refractivity contribution in [3.8, 4) is 11.5 Å². The van der Waals surface area contributed by atoms with E-state index in [2.05, 4.69) is 15.6 Å². The van der Waals surface area contributed by atoms with Gasteiger partial charge >= 0.3 is 0 Å². The minimum Gasteiger partial charge on any atom is -0.454 e. The summed E-state index contributed by atoms with van der Waals surface area (Å²) in [7, 11) is 0. The number of hydrogen-bond donors (Lipinski definition) is 2. The molecule has 0 saturated carbocycles. The molecule has 0 unspecified atom stereocenters. The average Bonchev–Trinajstić information content (AvgIpc) is 3.38. The van der Waals surface area contributed by atoms with Crippen LogP contribution in [-0.4, -0.2) is 37.9 Å². The van der Waals surface area contributed by atoms with Crippen molar-refractivity contribution >= 4 is 17.6 Å². The lowest BCUT2D eigenvalue weighted by Crippen LogP contribution is -2.36. The Kier molecular flexibility index (Phi) is 5.43. The summed E-state index contributed by atoms with van der Waals surface area (Å²) in [5, 5.41) is 6.05. The van der Waals surface area contributed by atoms with E-state index in [0.29, 0.717) is 29.6 Å². The van der Waals surface area contributed by atoms with E-state index in [0.717, 1.165) is 30.7 Å². The number of guanidine groups is 1. The monoisotopic (exact) mass is 381 g/mol. The van der Waals surface area contributed by atoms with Crippen LogP contribution in [0.5, 0.6) is 11.5 Å². The summed E-state index contributed by atoms with van der Waals surface area (Å²) in [6.07, 6.45) is 2.12. The summed E-state index contributed by atoms with van der Waals surface area (Å²) >= 11 is 0. The largest absolute Gasteiger partial charge is 0.454 e. The molecular weight excluding hydrogens is 358 g/mol. The fourth-order valence-electron chi connectivity index (χ4n) is 3.08. The number of carbonyl (C=O) groups is 1. The molecule has 2 aliphatic rings. The minimum atomic E-state index is -0.274. The molecule has 0 aliphatic carbocycles. The zero-order chi connectivity index (χ0) is 19.3. The number of rotatable bonds is 4. The number of carbonyl (C=O) groups excluding carboxylic acids is 1. The van der Waals surface area contributed by atoms with Crippen LogP contribution in [-0.2, 0) is 4.74 Å². The Morgan fingerprint density at radius 3 is 2.75 bits per heavy atom. The Labute approximate surface area is 163 Å². The molecule has 7 heteroatoms. The molecule has 2 heterocycles. The van der Waals surface area contributed by atoms with Gasteiger partial charge in [0, 0.05) is 17.9 Å². The van der Waals surface area contributed by atoms with Crippen LogP contribution < -0.4 is 20.1 Å². The molecule has 0 spiro atoms. The number of aryl methyl sites for hydroxylation is 1. The van der Waals surface area contributed by atoms with Gasteiger partial charge in [0.15, 0.2) is 11.5 Å². The van der Waals surface area contributed by atoms with E-state index < -0.39 is 0 Å². The number of nitrogens with zero attached hydrogens (tertiary/aromatic N) is 1. The smallest absolute Gasteiger partial charge is 0.258 e. The topological polar surface area (TPSA) is 81.2 Å². The van der Waals surface area contributed by atoms with Crippen LogP contribution in [0.2, 0.25) is 0 Å². The number of ether oxygens (including phenoxy) is 3. The normalized spacial score (nSPS) is 18.2. The highest BCUT2D eigenvalue weighted by molar-refractivity contribution is 6.10. The molecule has 2 N–H and O–H groups in total. The molecule has 4 rings (SSSR count). The zero-order valence-corrected chi connectivity index (χ0v) is 15.7. The van der Waals surface area contributed by atoms with E-state index in [-0.39, 0.29) is 18.8 Å². The Balaban J connectivity index is 1.49. The maximum atomic E-state index is 12.7. The highest BCUT2D eigenvalue weighted by Gasteiger charge is 2.18. The van der Waals surface area contributed by atoms with E-state index in [1.807, 2.05) is 31.2 Å². The Morgan fingerprint density at radius 2 is 1.96 bits per heavy atom. The molecule has 28 heavy (non-hydrogen) atoms. The molecule has 7 nitrogen and oxygen atoms in total. The molecule has 1 atom stereocenters. The van der Waals surface area contributed by atoms with Crippen LogP contribution in [0.3, 0.4) is 0 Å². The van der Waals surface area contributed by atoms with Crippen molar-refractivity contribution in [3.05, 3.63) is 53.6 Å². The number of amides is 1. The van der Waals surface area contributed by atoms with Crippen LogP contribution in [0, 0.1) is 6.92 Å². The fraction of sp³-hybridized carbons (Fsp3) is 0.333. The molecule has 1 fully saturated rings. The molecule has 1 saturated heterocycles. The van der Waals surface area contributed by atoms with Crippen molar-refractivity contribution in [2.24, 2.45) is 4.99 Å². The lowest BCUT2D eigenvalue weighted by atomic mass is 10.2.